The molecular formula is C13H28N2O3. The van der Waals surface area contributed by atoms with Gasteiger partial charge in [-0.2, -0.15) is 0 Å². The van der Waals surface area contributed by atoms with Gasteiger partial charge in [0.15, 0.2) is 0 Å². The molecule has 1 rings (SSSR count). The summed E-state index contributed by atoms with van der Waals surface area (Å²) in [5.41, 5.74) is -0.536. The van der Waals surface area contributed by atoms with Gasteiger partial charge in [-0.05, 0) is 32.4 Å². The van der Waals surface area contributed by atoms with Crippen molar-refractivity contribution in [2.45, 2.75) is 24.9 Å². The molecule has 0 spiro atoms. The second kappa shape index (κ2) is 8.82. The van der Waals surface area contributed by atoms with Gasteiger partial charge in [-0.15, -0.1) is 0 Å². The second-order valence-electron chi connectivity index (χ2n) is 5.09. The Morgan fingerprint density at radius 1 is 1.11 bits per heavy atom. The Labute approximate surface area is 110 Å². The highest BCUT2D eigenvalue weighted by Crippen LogP contribution is 2.19. The van der Waals surface area contributed by atoms with Crippen LogP contribution in [0.1, 0.15) is 19.3 Å². The van der Waals surface area contributed by atoms with Crippen LogP contribution >= 0.6 is 0 Å². The van der Waals surface area contributed by atoms with Gasteiger partial charge in [0.2, 0.25) is 0 Å². The predicted octanol–water partition coefficient (Wildman–Crippen LogP) is 0.0858. The van der Waals surface area contributed by atoms with Gasteiger partial charge in [-0.3, -0.25) is 4.90 Å². The van der Waals surface area contributed by atoms with Crippen molar-refractivity contribution in [2.24, 2.45) is 0 Å². The zero-order valence-electron chi connectivity index (χ0n) is 11.8. The van der Waals surface area contributed by atoms with E-state index < -0.39 is 5.60 Å². The van der Waals surface area contributed by atoms with E-state index in [1.165, 1.54) is 0 Å². The number of nitrogens with zero attached hydrogens (tertiary/aromatic N) is 1. The molecule has 0 aliphatic carbocycles. The highest BCUT2D eigenvalue weighted by Gasteiger charge is 2.30. The zero-order valence-corrected chi connectivity index (χ0v) is 11.8. The SMILES string of the molecule is COCCCN(CCOC)CC1(O)CCNCC1. The van der Waals surface area contributed by atoms with Crippen molar-refractivity contribution >= 4 is 0 Å². The fourth-order valence-corrected chi connectivity index (χ4v) is 2.39. The quantitative estimate of drug-likeness (QED) is 0.575. The molecule has 1 aliphatic rings. The Morgan fingerprint density at radius 2 is 1.78 bits per heavy atom. The average Bonchev–Trinajstić information content (AvgIpc) is 2.36. The van der Waals surface area contributed by atoms with Crippen LogP contribution in [0.15, 0.2) is 0 Å². The van der Waals surface area contributed by atoms with Crippen molar-refractivity contribution in [1.29, 1.82) is 0 Å². The predicted molar refractivity (Wildman–Crippen MR) is 71.9 cm³/mol. The molecule has 1 heterocycles. The standard InChI is InChI=1S/C13H28N2O3/c1-17-10-3-8-15(9-11-18-2)12-13(16)4-6-14-7-5-13/h14,16H,3-12H2,1-2H3. The highest BCUT2D eigenvalue weighted by atomic mass is 16.5. The largest absolute Gasteiger partial charge is 0.388 e. The number of ether oxygens (including phenoxy) is 2. The number of piperidine rings is 1. The van der Waals surface area contributed by atoms with E-state index in [1.807, 2.05) is 0 Å². The minimum atomic E-state index is -0.536. The molecule has 0 aromatic carbocycles. The lowest BCUT2D eigenvalue weighted by molar-refractivity contribution is -0.0262. The summed E-state index contributed by atoms with van der Waals surface area (Å²) in [5.74, 6) is 0. The van der Waals surface area contributed by atoms with Crippen LogP contribution in [0.2, 0.25) is 0 Å². The molecule has 0 atom stereocenters. The van der Waals surface area contributed by atoms with Gasteiger partial charge in [0.25, 0.3) is 0 Å². The van der Waals surface area contributed by atoms with Crippen molar-refractivity contribution in [3.63, 3.8) is 0 Å². The van der Waals surface area contributed by atoms with Gasteiger partial charge in [0.1, 0.15) is 0 Å². The molecule has 5 nitrogen and oxygen atoms in total. The van der Waals surface area contributed by atoms with Crippen molar-refractivity contribution in [3.8, 4) is 0 Å². The fraction of sp³-hybridized carbons (Fsp3) is 1.00. The maximum Gasteiger partial charge on any atom is 0.0798 e. The molecule has 108 valence electrons. The van der Waals surface area contributed by atoms with E-state index in [2.05, 4.69) is 10.2 Å². The third-order valence-electron chi connectivity index (χ3n) is 3.49. The third kappa shape index (κ3) is 6.11. The van der Waals surface area contributed by atoms with Crippen LogP contribution in [0.4, 0.5) is 0 Å². The lowest BCUT2D eigenvalue weighted by Gasteiger charge is -2.37. The first kappa shape index (κ1) is 15.9. The van der Waals surface area contributed by atoms with Gasteiger partial charge in [0.05, 0.1) is 12.2 Å². The van der Waals surface area contributed by atoms with Crippen LogP contribution in [0.25, 0.3) is 0 Å². The van der Waals surface area contributed by atoms with Crippen LogP contribution < -0.4 is 5.32 Å². The highest BCUT2D eigenvalue weighted by molar-refractivity contribution is 4.87. The molecule has 0 amide bonds. The van der Waals surface area contributed by atoms with Gasteiger partial charge in [-0.25, -0.2) is 0 Å². The van der Waals surface area contributed by atoms with Crippen LogP contribution in [0.3, 0.4) is 0 Å². The molecule has 1 saturated heterocycles. The third-order valence-corrected chi connectivity index (χ3v) is 3.49. The molecular weight excluding hydrogens is 232 g/mol. The Morgan fingerprint density at radius 3 is 2.39 bits per heavy atom. The fourth-order valence-electron chi connectivity index (χ4n) is 2.39. The summed E-state index contributed by atoms with van der Waals surface area (Å²) in [6, 6.07) is 0. The van der Waals surface area contributed by atoms with Crippen LogP contribution in [-0.2, 0) is 9.47 Å². The Balaban J connectivity index is 2.37. The van der Waals surface area contributed by atoms with Crippen molar-refractivity contribution in [1.82, 2.24) is 10.2 Å². The molecule has 5 heteroatoms. The van der Waals surface area contributed by atoms with Gasteiger partial charge in [-0.1, -0.05) is 0 Å². The van der Waals surface area contributed by atoms with Crippen LogP contribution in [0.5, 0.6) is 0 Å². The lowest BCUT2D eigenvalue weighted by Crippen LogP contribution is -2.50. The maximum absolute atomic E-state index is 10.5. The monoisotopic (exact) mass is 260 g/mol. The molecule has 1 fully saturated rings. The first-order chi connectivity index (χ1) is 8.70. The number of hydrogen-bond acceptors (Lipinski definition) is 5. The molecule has 2 N–H and O–H groups in total. The normalized spacial score (nSPS) is 19.3. The van der Waals surface area contributed by atoms with E-state index in [0.29, 0.717) is 6.61 Å². The summed E-state index contributed by atoms with van der Waals surface area (Å²) in [5, 5.41) is 13.8. The van der Waals surface area contributed by atoms with E-state index in [9.17, 15) is 5.11 Å². The summed E-state index contributed by atoms with van der Waals surface area (Å²) in [7, 11) is 3.44. The molecule has 0 saturated carbocycles. The lowest BCUT2D eigenvalue weighted by atomic mass is 9.92. The molecule has 0 unspecified atom stereocenters. The summed E-state index contributed by atoms with van der Waals surface area (Å²) < 4.78 is 10.2. The van der Waals surface area contributed by atoms with E-state index in [-0.39, 0.29) is 0 Å². The number of nitrogens with one attached hydrogen (secondary N) is 1. The van der Waals surface area contributed by atoms with Gasteiger partial charge in [0, 0.05) is 40.5 Å². The summed E-state index contributed by atoms with van der Waals surface area (Å²) in [6.07, 6.45) is 2.66. The van der Waals surface area contributed by atoms with E-state index in [1.54, 1.807) is 14.2 Å². The van der Waals surface area contributed by atoms with Crippen molar-refractivity contribution in [2.75, 3.05) is 60.2 Å². The maximum atomic E-state index is 10.5. The zero-order chi connectivity index (χ0) is 13.3. The first-order valence-electron chi connectivity index (χ1n) is 6.83. The average molecular weight is 260 g/mol. The van der Waals surface area contributed by atoms with Crippen molar-refractivity contribution < 1.29 is 14.6 Å². The Hall–Kier alpha value is -0.200. The van der Waals surface area contributed by atoms with E-state index in [4.69, 9.17) is 9.47 Å². The Kier molecular flexibility index (Phi) is 7.77. The van der Waals surface area contributed by atoms with Gasteiger partial charge >= 0.3 is 0 Å². The Bertz CT molecular complexity index is 208. The molecule has 0 aromatic rings. The number of rotatable bonds is 9. The summed E-state index contributed by atoms with van der Waals surface area (Å²) in [6.45, 7) is 5.86. The molecule has 1 aliphatic heterocycles. The minimum Gasteiger partial charge on any atom is -0.388 e. The molecule has 0 radical (unpaired) electrons. The topological polar surface area (TPSA) is 54.0 Å². The summed E-state index contributed by atoms with van der Waals surface area (Å²) in [4.78, 5) is 2.29. The smallest absolute Gasteiger partial charge is 0.0798 e. The minimum absolute atomic E-state index is 0.536. The van der Waals surface area contributed by atoms with E-state index in [0.717, 1.165) is 58.6 Å². The first-order valence-corrected chi connectivity index (χ1v) is 6.83. The molecule has 0 bridgehead atoms. The van der Waals surface area contributed by atoms with Gasteiger partial charge < -0.3 is 19.9 Å². The van der Waals surface area contributed by atoms with E-state index >= 15 is 0 Å². The number of hydrogen-bond donors (Lipinski definition) is 2. The number of methoxy groups -OCH3 is 2. The van der Waals surface area contributed by atoms with Crippen molar-refractivity contribution in [3.05, 3.63) is 0 Å². The summed E-state index contributed by atoms with van der Waals surface area (Å²) >= 11 is 0. The second-order valence-corrected chi connectivity index (χ2v) is 5.09. The molecule has 0 aromatic heterocycles. The van der Waals surface area contributed by atoms with Crippen LogP contribution in [0, 0.1) is 0 Å². The van der Waals surface area contributed by atoms with Crippen LogP contribution in [-0.4, -0.2) is 75.8 Å². The molecule has 18 heavy (non-hydrogen) atoms. The number of aliphatic hydroxyl groups is 1.